The van der Waals surface area contributed by atoms with Crippen LogP contribution in [0, 0.1) is 12.3 Å². The van der Waals surface area contributed by atoms with Crippen LogP contribution in [0.15, 0.2) is 48.5 Å². The maximum absolute atomic E-state index is 12.7. The van der Waals surface area contributed by atoms with Crippen molar-refractivity contribution in [3.8, 4) is 0 Å². The molecule has 1 aliphatic carbocycles. The number of rotatable bonds is 7. The van der Waals surface area contributed by atoms with Crippen LogP contribution in [0.5, 0.6) is 0 Å². The van der Waals surface area contributed by atoms with Gasteiger partial charge in [0.25, 0.3) is 0 Å². The summed E-state index contributed by atoms with van der Waals surface area (Å²) >= 11 is 0. The number of amides is 2. The number of hydrogen-bond donors (Lipinski definition) is 2. The van der Waals surface area contributed by atoms with E-state index in [9.17, 15) is 9.59 Å². The molecule has 5 heteroatoms. The number of carbonyl (C=O) groups is 2. The number of nitrogens with one attached hydrogen (secondary N) is 2. The molecule has 0 bridgehead atoms. The van der Waals surface area contributed by atoms with Crippen LogP contribution in [-0.2, 0) is 9.59 Å². The summed E-state index contributed by atoms with van der Waals surface area (Å²) in [7, 11) is 0. The number of hydrogen-bond acceptors (Lipinski definition) is 3. The van der Waals surface area contributed by atoms with Crippen LogP contribution in [0.3, 0.4) is 0 Å². The topological polar surface area (TPSA) is 61.4 Å². The molecule has 2 amide bonds. The van der Waals surface area contributed by atoms with Crippen molar-refractivity contribution in [3.63, 3.8) is 0 Å². The Morgan fingerprint density at radius 1 is 0.926 bits per heavy atom. The molecule has 3 rings (SSSR count). The summed E-state index contributed by atoms with van der Waals surface area (Å²) < 4.78 is 0. The molecule has 2 aromatic rings. The molecule has 0 heterocycles. The number of anilines is 3. The molecule has 0 radical (unpaired) electrons. The van der Waals surface area contributed by atoms with E-state index in [2.05, 4.69) is 29.4 Å². The van der Waals surface area contributed by atoms with Crippen LogP contribution in [-0.4, -0.2) is 24.9 Å². The van der Waals surface area contributed by atoms with Gasteiger partial charge >= 0.3 is 0 Å². The van der Waals surface area contributed by atoms with Crippen molar-refractivity contribution in [2.24, 2.45) is 5.41 Å². The first kappa shape index (κ1) is 19.0. The normalized spacial score (nSPS) is 14.3. The zero-order valence-electron chi connectivity index (χ0n) is 16.2. The molecule has 5 nitrogen and oxygen atoms in total. The predicted molar refractivity (Wildman–Crippen MR) is 110 cm³/mol. The summed E-state index contributed by atoms with van der Waals surface area (Å²) in [5.74, 6) is -0.464. The molecule has 0 aliphatic heterocycles. The predicted octanol–water partition coefficient (Wildman–Crippen LogP) is 4.20. The van der Waals surface area contributed by atoms with E-state index >= 15 is 0 Å². The molecule has 1 saturated carbocycles. The van der Waals surface area contributed by atoms with Gasteiger partial charge in [0, 0.05) is 30.2 Å². The van der Waals surface area contributed by atoms with Crippen LogP contribution >= 0.6 is 0 Å². The largest absolute Gasteiger partial charge is 0.372 e. The molecule has 0 unspecified atom stereocenters. The van der Waals surface area contributed by atoms with Crippen LogP contribution < -0.4 is 15.5 Å². The molecule has 1 fully saturated rings. The van der Waals surface area contributed by atoms with Crippen molar-refractivity contribution in [3.05, 3.63) is 54.1 Å². The van der Waals surface area contributed by atoms with Gasteiger partial charge in [0.05, 0.1) is 0 Å². The second-order valence-corrected chi connectivity index (χ2v) is 7.08. The Morgan fingerprint density at radius 3 is 2.04 bits per heavy atom. The fourth-order valence-electron chi connectivity index (χ4n) is 3.25. The van der Waals surface area contributed by atoms with Gasteiger partial charge in [0.2, 0.25) is 11.8 Å². The minimum absolute atomic E-state index is 0.231. The van der Waals surface area contributed by atoms with Crippen molar-refractivity contribution in [1.29, 1.82) is 0 Å². The standard InChI is InChI=1S/C22H27N3O2/c1-4-25(5-2)19-11-9-17(10-12-19)23-20(26)22(13-14-22)21(27)24-18-8-6-7-16(3)15-18/h6-12,15H,4-5,13-14H2,1-3H3,(H,23,26)(H,24,27). The van der Waals surface area contributed by atoms with Gasteiger partial charge in [-0.15, -0.1) is 0 Å². The van der Waals surface area contributed by atoms with E-state index in [1.165, 1.54) is 0 Å². The summed E-state index contributed by atoms with van der Waals surface area (Å²) in [6.45, 7) is 8.07. The highest BCUT2D eigenvalue weighted by Crippen LogP contribution is 2.47. The van der Waals surface area contributed by atoms with Crippen molar-refractivity contribution in [2.45, 2.75) is 33.6 Å². The smallest absolute Gasteiger partial charge is 0.240 e. The third-order valence-corrected chi connectivity index (χ3v) is 5.15. The Hall–Kier alpha value is -2.82. The highest BCUT2D eigenvalue weighted by molar-refractivity contribution is 6.16. The van der Waals surface area contributed by atoms with Crippen LogP contribution in [0.4, 0.5) is 17.1 Å². The van der Waals surface area contributed by atoms with E-state index in [1.54, 1.807) is 0 Å². The lowest BCUT2D eigenvalue weighted by atomic mass is 10.0. The number of carbonyl (C=O) groups excluding carboxylic acids is 2. The van der Waals surface area contributed by atoms with Crippen LogP contribution in [0.1, 0.15) is 32.3 Å². The highest BCUT2D eigenvalue weighted by atomic mass is 16.2. The zero-order valence-corrected chi connectivity index (χ0v) is 16.2. The first-order chi connectivity index (χ1) is 13.0. The third-order valence-electron chi connectivity index (χ3n) is 5.15. The van der Waals surface area contributed by atoms with Gasteiger partial charge in [-0.25, -0.2) is 0 Å². The van der Waals surface area contributed by atoms with E-state index in [-0.39, 0.29) is 11.8 Å². The third kappa shape index (κ3) is 4.13. The summed E-state index contributed by atoms with van der Waals surface area (Å²) in [6, 6.07) is 15.4. The van der Waals surface area contributed by atoms with E-state index in [1.807, 2.05) is 55.5 Å². The molecule has 142 valence electrons. The monoisotopic (exact) mass is 365 g/mol. The van der Waals surface area contributed by atoms with Gasteiger partial charge < -0.3 is 15.5 Å². The van der Waals surface area contributed by atoms with Gasteiger partial charge in [-0.1, -0.05) is 12.1 Å². The molecule has 27 heavy (non-hydrogen) atoms. The first-order valence-electron chi connectivity index (χ1n) is 9.53. The Balaban J connectivity index is 1.65. The number of aryl methyl sites for hydroxylation is 1. The average Bonchev–Trinajstić information content (AvgIpc) is 3.46. The lowest BCUT2D eigenvalue weighted by Crippen LogP contribution is -2.35. The molecular weight excluding hydrogens is 338 g/mol. The fraction of sp³-hybridized carbons (Fsp3) is 0.364. The second kappa shape index (κ2) is 7.82. The fourth-order valence-corrected chi connectivity index (χ4v) is 3.25. The molecule has 0 spiro atoms. The molecule has 2 aromatic carbocycles. The lowest BCUT2D eigenvalue weighted by Gasteiger charge is -2.21. The maximum Gasteiger partial charge on any atom is 0.240 e. The SMILES string of the molecule is CCN(CC)c1ccc(NC(=O)C2(C(=O)Nc3cccc(C)c3)CC2)cc1. The van der Waals surface area contributed by atoms with Gasteiger partial charge in [-0.3, -0.25) is 9.59 Å². The summed E-state index contributed by atoms with van der Waals surface area (Å²) in [5.41, 5.74) is 2.67. The number of benzene rings is 2. The van der Waals surface area contributed by atoms with Crippen molar-refractivity contribution in [1.82, 2.24) is 0 Å². The van der Waals surface area contributed by atoms with Crippen molar-refractivity contribution in [2.75, 3.05) is 28.6 Å². The van der Waals surface area contributed by atoms with E-state index in [0.717, 1.165) is 30.0 Å². The van der Waals surface area contributed by atoms with E-state index in [4.69, 9.17) is 0 Å². The van der Waals surface area contributed by atoms with Crippen LogP contribution in [0.2, 0.25) is 0 Å². The zero-order chi connectivity index (χ0) is 19.4. The van der Waals surface area contributed by atoms with E-state index < -0.39 is 5.41 Å². The second-order valence-electron chi connectivity index (χ2n) is 7.08. The minimum Gasteiger partial charge on any atom is -0.372 e. The maximum atomic E-state index is 12.7. The van der Waals surface area contributed by atoms with E-state index in [0.29, 0.717) is 18.5 Å². The van der Waals surface area contributed by atoms with Crippen molar-refractivity contribution < 1.29 is 9.59 Å². The average molecular weight is 365 g/mol. The number of nitrogens with zero attached hydrogens (tertiary/aromatic N) is 1. The van der Waals surface area contributed by atoms with Gasteiger partial charge in [0.1, 0.15) is 5.41 Å². The Morgan fingerprint density at radius 2 is 1.52 bits per heavy atom. The summed E-state index contributed by atoms with van der Waals surface area (Å²) in [4.78, 5) is 27.7. The van der Waals surface area contributed by atoms with Crippen LogP contribution in [0.25, 0.3) is 0 Å². The minimum atomic E-state index is -0.957. The van der Waals surface area contributed by atoms with Gasteiger partial charge in [-0.05, 0) is 75.6 Å². The highest BCUT2D eigenvalue weighted by Gasteiger charge is 2.56. The quantitative estimate of drug-likeness (QED) is 0.723. The van der Waals surface area contributed by atoms with Gasteiger partial charge in [-0.2, -0.15) is 0 Å². The first-order valence-corrected chi connectivity index (χ1v) is 9.53. The lowest BCUT2D eigenvalue weighted by molar-refractivity contribution is -0.131. The van der Waals surface area contributed by atoms with Crippen molar-refractivity contribution >= 4 is 28.9 Å². The molecule has 0 aromatic heterocycles. The summed E-state index contributed by atoms with van der Waals surface area (Å²) in [5, 5.41) is 5.79. The summed E-state index contributed by atoms with van der Waals surface area (Å²) in [6.07, 6.45) is 1.15. The molecular formula is C22H27N3O2. The Labute approximate surface area is 160 Å². The van der Waals surface area contributed by atoms with Gasteiger partial charge in [0.15, 0.2) is 0 Å². The molecule has 0 atom stereocenters. The molecule has 0 saturated heterocycles. The molecule has 2 N–H and O–H groups in total. The molecule has 1 aliphatic rings. The Kier molecular flexibility index (Phi) is 5.49. The Bertz CT molecular complexity index is 822.